The first kappa shape index (κ1) is 13.8. The summed E-state index contributed by atoms with van der Waals surface area (Å²) in [5.41, 5.74) is 1.14. The van der Waals surface area contributed by atoms with Crippen LogP contribution >= 0.6 is 11.6 Å². The fourth-order valence-electron chi connectivity index (χ4n) is 1.79. The topological polar surface area (TPSA) is 29.5 Å². The van der Waals surface area contributed by atoms with Gasteiger partial charge in [0.15, 0.2) is 0 Å². The van der Waals surface area contributed by atoms with Gasteiger partial charge in [0.2, 0.25) is 0 Å². The molecule has 0 aliphatic heterocycles. The van der Waals surface area contributed by atoms with E-state index in [4.69, 9.17) is 16.3 Å². The van der Waals surface area contributed by atoms with E-state index in [0.29, 0.717) is 17.7 Å². The standard InChI is InChI=1S/C15H14ClFO2/c1-2-19-12-6-3-10(4-7-12)15(18)11-5-8-13(16)14(17)9-11/h3-9,15,18H,2H2,1H3. The van der Waals surface area contributed by atoms with E-state index in [0.717, 1.165) is 5.75 Å². The van der Waals surface area contributed by atoms with Crippen molar-refractivity contribution in [1.29, 1.82) is 0 Å². The molecule has 2 aromatic rings. The van der Waals surface area contributed by atoms with E-state index in [2.05, 4.69) is 0 Å². The molecule has 0 fully saturated rings. The fourth-order valence-corrected chi connectivity index (χ4v) is 1.91. The smallest absolute Gasteiger partial charge is 0.142 e. The van der Waals surface area contributed by atoms with Gasteiger partial charge in [-0.3, -0.25) is 0 Å². The highest BCUT2D eigenvalue weighted by Gasteiger charge is 2.12. The zero-order valence-electron chi connectivity index (χ0n) is 10.4. The van der Waals surface area contributed by atoms with E-state index in [1.165, 1.54) is 12.1 Å². The van der Waals surface area contributed by atoms with Crippen LogP contribution in [0.25, 0.3) is 0 Å². The number of hydrogen-bond donors (Lipinski definition) is 1. The van der Waals surface area contributed by atoms with E-state index in [9.17, 15) is 9.50 Å². The van der Waals surface area contributed by atoms with Crippen LogP contribution in [0, 0.1) is 5.82 Å². The summed E-state index contributed by atoms with van der Waals surface area (Å²) >= 11 is 5.61. The molecular weight excluding hydrogens is 267 g/mol. The Balaban J connectivity index is 2.22. The van der Waals surface area contributed by atoms with Gasteiger partial charge in [-0.1, -0.05) is 29.8 Å². The Morgan fingerprint density at radius 3 is 2.37 bits per heavy atom. The van der Waals surface area contributed by atoms with Gasteiger partial charge in [0.1, 0.15) is 17.7 Å². The van der Waals surface area contributed by atoms with E-state index in [1.807, 2.05) is 6.92 Å². The lowest BCUT2D eigenvalue weighted by Gasteiger charge is -2.12. The lowest BCUT2D eigenvalue weighted by molar-refractivity contribution is 0.219. The van der Waals surface area contributed by atoms with Gasteiger partial charge in [0, 0.05) is 0 Å². The Bertz CT molecular complexity index is 555. The van der Waals surface area contributed by atoms with Gasteiger partial charge >= 0.3 is 0 Å². The van der Waals surface area contributed by atoms with Crippen LogP contribution in [-0.4, -0.2) is 11.7 Å². The summed E-state index contributed by atoms with van der Waals surface area (Å²) in [6.07, 6.45) is -0.887. The molecule has 4 heteroatoms. The summed E-state index contributed by atoms with van der Waals surface area (Å²) in [6, 6.07) is 11.3. The first-order valence-corrected chi connectivity index (χ1v) is 6.35. The molecule has 0 radical (unpaired) electrons. The van der Waals surface area contributed by atoms with Gasteiger partial charge in [0.05, 0.1) is 11.6 Å². The van der Waals surface area contributed by atoms with Crippen LogP contribution in [0.5, 0.6) is 5.75 Å². The van der Waals surface area contributed by atoms with Crippen molar-refractivity contribution in [2.75, 3.05) is 6.61 Å². The molecule has 0 amide bonds. The van der Waals surface area contributed by atoms with E-state index in [1.54, 1.807) is 30.3 Å². The van der Waals surface area contributed by atoms with Gasteiger partial charge < -0.3 is 9.84 Å². The number of aliphatic hydroxyl groups is 1. The maximum atomic E-state index is 13.4. The summed E-state index contributed by atoms with van der Waals surface area (Å²) in [4.78, 5) is 0. The van der Waals surface area contributed by atoms with Crippen LogP contribution in [0.1, 0.15) is 24.2 Å². The van der Waals surface area contributed by atoms with Crippen molar-refractivity contribution in [3.8, 4) is 5.75 Å². The van der Waals surface area contributed by atoms with Crippen molar-refractivity contribution in [2.45, 2.75) is 13.0 Å². The number of hydrogen-bond acceptors (Lipinski definition) is 2. The van der Waals surface area contributed by atoms with Crippen molar-refractivity contribution in [3.63, 3.8) is 0 Å². The Kier molecular flexibility index (Phi) is 4.40. The summed E-state index contributed by atoms with van der Waals surface area (Å²) in [6.45, 7) is 2.49. The molecule has 0 bridgehead atoms. The number of ether oxygens (including phenoxy) is 1. The zero-order valence-corrected chi connectivity index (χ0v) is 11.2. The van der Waals surface area contributed by atoms with Crippen LogP contribution in [0.4, 0.5) is 4.39 Å². The average molecular weight is 281 g/mol. The molecule has 2 aromatic carbocycles. The summed E-state index contributed by atoms with van der Waals surface area (Å²) in [5, 5.41) is 10.2. The van der Waals surface area contributed by atoms with Gasteiger partial charge in [-0.25, -0.2) is 4.39 Å². The Morgan fingerprint density at radius 2 is 1.79 bits per heavy atom. The molecule has 1 N–H and O–H groups in total. The first-order chi connectivity index (χ1) is 9.11. The van der Waals surface area contributed by atoms with Crippen LogP contribution in [0.2, 0.25) is 5.02 Å². The van der Waals surface area contributed by atoms with Gasteiger partial charge in [-0.2, -0.15) is 0 Å². The molecule has 0 saturated carbocycles. The first-order valence-electron chi connectivity index (χ1n) is 5.97. The monoisotopic (exact) mass is 280 g/mol. The number of aliphatic hydroxyl groups excluding tert-OH is 1. The van der Waals surface area contributed by atoms with Gasteiger partial charge in [-0.15, -0.1) is 0 Å². The molecule has 0 heterocycles. The molecule has 2 nitrogen and oxygen atoms in total. The molecule has 1 atom stereocenters. The SMILES string of the molecule is CCOc1ccc(C(O)c2ccc(Cl)c(F)c2)cc1. The summed E-state index contributed by atoms with van der Waals surface area (Å²) < 4.78 is 18.7. The zero-order chi connectivity index (χ0) is 13.8. The van der Waals surface area contributed by atoms with Crippen molar-refractivity contribution in [3.05, 3.63) is 64.4 Å². The Hall–Kier alpha value is -1.58. The number of halogens is 2. The maximum absolute atomic E-state index is 13.4. The lowest BCUT2D eigenvalue weighted by Crippen LogP contribution is -2.00. The minimum Gasteiger partial charge on any atom is -0.494 e. The Morgan fingerprint density at radius 1 is 1.16 bits per heavy atom. The fraction of sp³-hybridized carbons (Fsp3) is 0.200. The third-order valence-corrected chi connectivity index (χ3v) is 3.07. The highest BCUT2D eigenvalue weighted by Crippen LogP contribution is 2.26. The molecule has 2 rings (SSSR count). The normalized spacial score (nSPS) is 12.2. The highest BCUT2D eigenvalue weighted by atomic mass is 35.5. The van der Waals surface area contributed by atoms with E-state index >= 15 is 0 Å². The largest absolute Gasteiger partial charge is 0.494 e. The Labute approximate surface area is 116 Å². The second-order valence-electron chi connectivity index (χ2n) is 4.08. The quantitative estimate of drug-likeness (QED) is 0.918. The van der Waals surface area contributed by atoms with Crippen LogP contribution in [0.3, 0.4) is 0 Å². The minimum absolute atomic E-state index is 0.0441. The number of benzene rings is 2. The molecule has 19 heavy (non-hydrogen) atoms. The molecule has 1 unspecified atom stereocenters. The molecule has 0 aromatic heterocycles. The maximum Gasteiger partial charge on any atom is 0.142 e. The van der Waals surface area contributed by atoms with Crippen molar-refractivity contribution in [1.82, 2.24) is 0 Å². The molecular formula is C15H14ClFO2. The molecule has 0 aliphatic carbocycles. The molecule has 100 valence electrons. The second-order valence-corrected chi connectivity index (χ2v) is 4.49. The van der Waals surface area contributed by atoms with Gasteiger partial charge in [-0.05, 0) is 42.3 Å². The van der Waals surface area contributed by atoms with Gasteiger partial charge in [0.25, 0.3) is 0 Å². The van der Waals surface area contributed by atoms with Crippen molar-refractivity contribution >= 4 is 11.6 Å². The second kappa shape index (κ2) is 6.04. The number of rotatable bonds is 4. The highest BCUT2D eigenvalue weighted by molar-refractivity contribution is 6.30. The third-order valence-electron chi connectivity index (χ3n) is 2.77. The van der Waals surface area contributed by atoms with Crippen LogP contribution in [-0.2, 0) is 0 Å². The lowest BCUT2D eigenvalue weighted by atomic mass is 10.0. The van der Waals surface area contributed by atoms with Crippen LogP contribution < -0.4 is 4.74 Å². The van der Waals surface area contributed by atoms with Crippen molar-refractivity contribution in [2.24, 2.45) is 0 Å². The molecule has 0 saturated heterocycles. The molecule has 0 spiro atoms. The van der Waals surface area contributed by atoms with Crippen molar-refractivity contribution < 1.29 is 14.2 Å². The summed E-state index contributed by atoms with van der Waals surface area (Å²) in [5.74, 6) is 0.199. The predicted octanol–water partition coefficient (Wildman–Crippen LogP) is 3.96. The predicted molar refractivity (Wildman–Crippen MR) is 73.1 cm³/mol. The van der Waals surface area contributed by atoms with Crippen LogP contribution in [0.15, 0.2) is 42.5 Å². The third kappa shape index (κ3) is 3.25. The summed E-state index contributed by atoms with van der Waals surface area (Å²) in [7, 11) is 0. The average Bonchev–Trinajstić information content (AvgIpc) is 2.42. The van der Waals surface area contributed by atoms with E-state index in [-0.39, 0.29) is 5.02 Å². The molecule has 0 aliphatic rings. The minimum atomic E-state index is -0.887. The van der Waals surface area contributed by atoms with E-state index < -0.39 is 11.9 Å².